The van der Waals surface area contributed by atoms with E-state index in [-0.39, 0.29) is 12.3 Å². The van der Waals surface area contributed by atoms with E-state index in [0.717, 1.165) is 24.0 Å². The topological polar surface area (TPSA) is 75.6 Å². The SMILES string of the molecule is COc1ccc2c(c1)CCCC2(O)CNS(=O)(=O)Cc1ccc(F)cc1. The summed E-state index contributed by atoms with van der Waals surface area (Å²) in [7, 11) is -2.07. The summed E-state index contributed by atoms with van der Waals surface area (Å²) in [5.74, 6) is 0.0336. The van der Waals surface area contributed by atoms with Gasteiger partial charge in [-0.15, -0.1) is 0 Å². The molecule has 0 spiro atoms. The van der Waals surface area contributed by atoms with Gasteiger partial charge in [0.25, 0.3) is 0 Å². The number of hydrogen-bond donors (Lipinski definition) is 2. The van der Waals surface area contributed by atoms with Crippen LogP contribution in [0.5, 0.6) is 5.75 Å². The van der Waals surface area contributed by atoms with Gasteiger partial charge in [0.2, 0.25) is 10.0 Å². The van der Waals surface area contributed by atoms with Crippen molar-refractivity contribution in [2.45, 2.75) is 30.6 Å². The van der Waals surface area contributed by atoms with E-state index < -0.39 is 21.4 Å². The highest BCUT2D eigenvalue weighted by molar-refractivity contribution is 7.88. The van der Waals surface area contributed by atoms with Crippen LogP contribution in [0.3, 0.4) is 0 Å². The third kappa shape index (κ3) is 4.23. The maximum atomic E-state index is 12.9. The minimum atomic E-state index is -3.66. The lowest BCUT2D eigenvalue weighted by molar-refractivity contribution is 0.0242. The van der Waals surface area contributed by atoms with Gasteiger partial charge in [-0.3, -0.25) is 0 Å². The molecule has 140 valence electrons. The molecule has 1 aliphatic carbocycles. The van der Waals surface area contributed by atoms with Crippen molar-refractivity contribution in [1.29, 1.82) is 0 Å². The molecule has 0 amide bonds. The Morgan fingerprint density at radius 2 is 1.96 bits per heavy atom. The van der Waals surface area contributed by atoms with Crippen molar-refractivity contribution in [3.05, 3.63) is 65.0 Å². The zero-order valence-corrected chi connectivity index (χ0v) is 15.4. The van der Waals surface area contributed by atoms with Crippen molar-refractivity contribution < 1.29 is 22.7 Å². The highest BCUT2D eigenvalue weighted by atomic mass is 32.2. The van der Waals surface area contributed by atoms with Crippen LogP contribution in [0.25, 0.3) is 0 Å². The highest BCUT2D eigenvalue weighted by Gasteiger charge is 2.35. The van der Waals surface area contributed by atoms with Crippen molar-refractivity contribution in [3.8, 4) is 5.75 Å². The molecule has 0 bridgehead atoms. The fourth-order valence-electron chi connectivity index (χ4n) is 3.33. The van der Waals surface area contributed by atoms with Crippen molar-refractivity contribution in [1.82, 2.24) is 4.72 Å². The van der Waals surface area contributed by atoms with Gasteiger partial charge in [0.05, 0.1) is 12.9 Å². The van der Waals surface area contributed by atoms with Gasteiger partial charge in [-0.25, -0.2) is 17.5 Å². The fraction of sp³-hybridized carbons (Fsp3) is 0.368. The molecule has 0 aromatic heterocycles. The Hall–Kier alpha value is -1.96. The van der Waals surface area contributed by atoms with Crippen molar-refractivity contribution in [2.75, 3.05) is 13.7 Å². The van der Waals surface area contributed by atoms with Gasteiger partial charge in [0.15, 0.2) is 0 Å². The Bertz CT molecular complexity index is 883. The molecule has 2 aromatic rings. The number of hydrogen-bond acceptors (Lipinski definition) is 4. The summed E-state index contributed by atoms with van der Waals surface area (Å²) in [5.41, 5.74) is 0.931. The second kappa shape index (κ2) is 7.34. The summed E-state index contributed by atoms with van der Waals surface area (Å²) in [6.07, 6.45) is 2.05. The molecule has 1 unspecified atom stereocenters. The van der Waals surface area contributed by atoms with Crippen molar-refractivity contribution in [3.63, 3.8) is 0 Å². The van der Waals surface area contributed by atoms with Gasteiger partial charge in [0.1, 0.15) is 17.2 Å². The standard InChI is InChI=1S/C19H22FNO4S/c1-25-17-8-9-18-15(11-17)3-2-10-19(18,22)13-21-26(23,24)12-14-4-6-16(20)7-5-14/h4-9,11,21-22H,2-3,10,12-13H2,1H3. The molecule has 0 fully saturated rings. The predicted molar refractivity (Wildman–Crippen MR) is 96.9 cm³/mol. The molecular formula is C19H22FNO4S. The van der Waals surface area contributed by atoms with E-state index in [2.05, 4.69) is 4.72 Å². The molecule has 1 atom stereocenters. The number of aryl methyl sites for hydroxylation is 1. The molecule has 5 nitrogen and oxygen atoms in total. The van der Waals surface area contributed by atoms with E-state index in [1.165, 1.54) is 24.3 Å². The van der Waals surface area contributed by atoms with Crippen LogP contribution in [0.15, 0.2) is 42.5 Å². The first kappa shape index (κ1) is 18.8. The number of rotatable bonds is 6. The lowest BCUT2D eigenvalue weighted by Gasteiger charge is -2.34. The number of ether oxygens (including phenoxy) is 1. The van der Waals surface area contributed by atoms with E-state index in [9.17, 15) is 17.9 Å². The minimum absolute atomic E-state index is 0.101. The summed E-state index contributed by atoms with van der Waals surface area (Å²) in [5, 5.41) is 11.0. The summed E-state index contributed by atoms with van der Waals surface area (Å²) in [4.78, 5) is 0. The lowest BCUT2D eigenvalue weighted by atomic mass is 9.79. The van der Waals surface area contributed by atoms with Gasteiger partial charge in [-0.1, -0.05) is 18.2 Å². The number of benzene rings is 2. The van der Waals surface area contributed by atoms with Crippen LogP contribution in [0.4, 0.5) is 4.39 Å². The Kier molecular flexibility index (Phi) is 5.32. The van der Waals surface area contributed by atoms with Gasteiger partial charge in [0, 0.05) is 6.54 Å². The number of methoxy groups -OCH3 is 1. The molecule has 0 saturated heterocycles. The lowest BCUT2D eigenvalue weighted by Crippen LogP contribution is -2.43. The van der Waals surface area contributed by atoms with Crippen LogP contribution >= 0.6 is 0 Å². The Morgan fingerprint density at radius 1 is 1.23 bits per heavy atom. The normalized spacial score (nSPS) is 19.8. The highest BCUT2D eigenvalue weighted by Crippen LogP contribution is 2.36. The third-order valence-corrected chi connectivity index (χ3v) is 6.00. The summed E-state index contributed by atoms with van der Waals surface area (Å²) < 4.78 is 45.4. The van der Waals surface area contributed by atoms with Gasteiger partial charge < -0.3 is 9.84 Å². The first-order chi connectivity index (χ1) is 12.3. The molecule has 26 heavy (non-hydrogen) atoms. The molecule has 3 rings (SSSR count). The first-order valence-electron chi connectivity index (χ1n) is 8.43. The first-order valence-corrected chi connectivity index (χ1v) is 10.1. The van der Waals surface area contributed by atoms with E-state index in [0.29, 0.717) is 17.7 Å². The minimum Gasteiger partial charge on any atom is -0.497 e. The summed E-state index contributed by atoms with van der Waals surface area (Å²) >= 11 is 0. The van der Waals surface area contributed by atoms with Crippen LogP contribution < -0.4 is 9.46 Å². The second-order valence-corrected chi connectivity index (χ2v) is 8.42. The van der Waals surface area contributed by atoms with E-state index in [1.807, 2.05) is 6.07 Å². The Labute approximate surface area is 152 Å². The Balaban J connectivity index is 1.73. The fourth-order valence-corrected chi connectivity index (χ4v) is 4.52. The quantitative estimate of drug-likeness (QED) is 0.809. The maximum Gasteiger partial charge on any atom is 0.215 e. The van der Waals surface area contributed by atoms with Gasteiger partial charge in [-0.2, -0.15) is 0 Å². The molecule has 0 radical (unpaired) electrons. The van der Waals surface area contributed by atoms with Crippen LogP contribution in [0.2, 0.25) is 0 Å². The average molecular weight is 379 g/mol. The second-order valence-electron chi connectivity index (χ2n) is 6.61. The average Bonchev–Trinajstić information content (AvgIpc) is 2.62. The van der Waals surface area contributed by atoms with E-state index in [1.54, 1.807) is 19.2 Å². The summed E-state index contributed by atoms with van der Waals surface area (Å²) in [6.45, 7) is -0.101. The van der Waals surface area contributed by atoms with Crippen LogP contribution in [0.1, 0.15) is 29.5 Å². The van der Waals surface area contributed by atoms with E-state index >= 15 is 0 Å². The molecule has 7 heteroatoms. The number of aliphatic hydroxyl groups is 1. The largest absolute Gasteiger partial charge is 0.497 e. The monoisotopic (exact) mass is 379 g/mol. The zero-order chi connectivity index (χ0) is 18.8. The molecule has 0 saturated carbocycles. The van der Waals surface area contributed by atoms with Crippen LogP contribution in [-0.2, 0) is 27.8 Å². The van der Waals surface area contributed by atoms with E-state index in [4.69, 9.17) is 4.74 Å². The predicted octanol–water partition coefficient (Wildman–Crippen LogP) is 2.48. The smallest absolute Gasteiger partial charge is 0.215 e. The molecule has 1 aliphatic rings. The molecule has 0 aliphatic heterocycles. The van der Waals surface area contributed by atoms with Gasteiger partial charge in [-0.05, 0) is 60.2 Å². The van der Waals surface area contributed by atoms with Crippen molar-refractivity contribution in [2.24, 2.45) is 0 Å². The molecule has 2 aromatic carbocycles. The van der Waals surface area contributed by atoms with Crippen molar-refractivity contribution >= 4 is 10.0 Å². The van der Waals surface area contributed by atoms with Crippen LogP contribution in [0, 0.1) is 5.82 Å². The zero-order valence-electron chi connectivity index (χ0n) is 14.5. The number of fused-ring (bicyclic) bond motifs is 1. The third-order valence-electron chi connectivity index (χ3n) is 4.70. The molecule has 2 N–H and O–H groups in total. The summed E-state index contributed by atoms with van der Waals surface area (Å²) in [6, 6.07) is 10.8. The number of nitrogens with one attached hydrogen (secondary N) is 1. The van der Waals surface area contributed by atoms with Crippen LogP contribution in [-0.4, -0.2) is 27.2 Å². The molecule has 0 heterocycles. The molecular weight excluding hydrogens is 357 g/mol. The maximum absolute atomic E-state index is 12.9. The van der Waals surface area contributed by atoms with Gasteiger partial charge >= 0.3 is 0 Å². The number of sulfonamides is 1. The number of halogens is 1. The Morgan fingerprint density at radius 3 is 2.65 bits per heavy atom.